The lowest BCUT2D eigenvalue weighted by molar-refractivity contribution is 0.357. The first-order chi connectivity index (χ1) is 7.15. The zero-order valence-corrected chi connectivity index (χ0v) is 9.71. The summed E-state index contributed by atoms with van der Waals surface area (Å²) < 4.78 is 5.68. The summed E-state index contributed by atoms with van der Waals surface area (Å²) in [4.78, 5) is 0. The van der Waals surface area contributed by atoms with Crippen LogP contribution in [-0.2, 0) is 0 Å². The van der Waals surface area contributed by atoms with Crippen LogP contribution in [0.4, 0.5) is 0 Å². The van der Waals surface area contributed by atoms with Crippen molar-refractivity contribution in [2.45, 2.75) is 20.8 Å². The second-order valence-electron chi connectivity index (χ2n) is 3.75. The molecule has 0 fully saturated rings. The Morgan fingerprint density at radius 3 is 2.27 bits per heavy atom. The quantitative estimate of drug-likeness (QED) is 0.766. The van der Waals surface area contributed by atoms with Gasteiger partial charge in [-0.3, -0.25) is 0 Å². The van der Waals surface area contributed by atoms with Gasteiger partial charge < -0.3 is 10.5 Å². The fraction of sp³-hybridized carbons (Fsp3) is 0.385. The van der Waals surface area contributed by atoms with Crippen molar-refractivity contribution in [3.8, 4) is 5.75 Å². The maximum absolute atomic E-state index is 5.68. The highest BCUT2D eigenvalue weighted by Gasteiger charge is 2.03. The molecule has 0 unspecified atom stereocenters. The molecule has 0 bridgehead atoms. The van der Waals surface area contributed by atoms with Crippen molar-refractivity contribution < 1.29 is 4.74 Å². The van der Waals surface area contributed by atoms with E-state index in [-0.39, 0.29) is 0 Å². The van der Waals surface area contributed by atoms with Crippen LogP contribution in [0.2, 0.25) is 0 Å². The number of benzene rings is 1. The molecular formula is C13H19NO. The largest absolute Gasteiger partial charge is 0.489 e. The Morgan fingerprint density at radius 2 is 1.73 bits per heavy atom. The lowest BCUT2D eigenvalue weighted by Crippen LogP contribution is -2.00. The Hall–Kier alpha value is -1.28. The fourth-order valence-corrected chi connectivity index (χ4v) is 1.69. The normalized spacial score (nSPS) is 10.9. The summed E-state index contributed by atoms with van der Waals surface area (Å²) in [6.07, 6.45) is 3.84. The summed E-state index contributed by atoms with van der Waals surface area (Å²) in [6.45, 7) is 7.39. The van der Waals surface area contributed by atoms with Crippen molar-refractivity contribution in [3.05, 3.63) is 41.0 Å². The highest BCUT2D eigenvalue weighted by atomic mass is 16.5. The lowest BCUT2D eigenvalue weighted by atomic mass is 10.1. The summed E-state index contributed by atoms with van der Waals surface area (Å²) in [5.41, 5.74) is 9.00. The minimum absolute atomic E-state index is 0.565. The van der Waals surface area contributed by atoms with E-state index in [9.17, 15) is 0 Å². The van der Waals surface area contributed by atoms with Crippen molar-refractivity contribution in [2.24, 2.45) is 5.73 Å². The van der Waals surface area contributed by atoms with Crippen molar-refractivity contribution in [3.63, 3.8) is 0 Å². The van der Waals surface area contributed by atoms with Gasteiger partial charge in [0.25, 0.3) is 0 Å². The van der Waals surface area contributed by atoms with Crippen molar-refractivity contribution in [1.29, 1.82) is 0 Å². The van der Waals surface area contributed by atoms with Gasteiger partial charge in [-0.15, -0.1) is 0 Å². The molecule has 2 heteroatoms. The summed E-state index contributed by atoms with van der Waals surface area (Å²) >= 11 is 0. The van der Waals surface area contributed by atoms with E-state index in [1.54, 1.807) is 0 Å². The molecule has 0 aliphatic carbocycles. The molecule has 0 atom stereocenters. The highest BCUT2D eigenvalue weighted by molar-refractivity contribution is 5.42. The van der Waals surface area contributed by atoms with E-state index < -0.39 is 0 Å². The molecule has 0 amide bonds. The van der Waals surface area contributed by atoms with Gasteiger partial charge >= 0.3 is 0 Å². The van der Waals surface area contributed by atoms with E-state index in [2.05, 4.69) is 32.9 Å². The molecule has 0 heterocycles. The van der Waals surface area contributed by atoms with Crippen LogP contribution in [-0.4, -0.2) is 13.2 Å². The van der Waals surface area contributed by atoms with Gasteiger partial charge in [-0.05, 0) is 31.9 Å². The van der Waals surface area contributed by atoms with Gasteiger partial charge in [0.05, 0.1) is 0 Å². The molecule has 0 saturated heterocycles. The lowest BCUT2D eigenvalue weighted by Gasteiger charge is -2.11. The van der Waals surface area contributed by atoms with Crippen molar-refractivity contribution in [1.82, 2.24) is 0 Å². The van der Waals surface area contributed by atoms with Crippen LogP contribution in [0.3, 0.4) is 0 Å². The molecule has 15 heavy (non-hydrogen) atoms. The monoisotopic (exact) mass is 205 g/mol. The molecule has 2 nitrogen and oxygen atoms in total. The first-order valence-corrected chi connectivity index (χ1v) is 5.21. The molecular weight excluding hydrogens is 186 g/mol. The summed E-state index contributed by atoms with van der Waals surface area (Å²) in [5, 5.41) is 0. The molecule has 1 rings (SSSR count). The van der Waals surface area contributed by atoms with Gasteiger partial charge in [-0.2, -0.15) is 0 Å². The first kappa shape index (κ1) is 11.8. The molecule has 0 spiro atoms. The SMILES string of the molecule is Cc1cc(C)c(OCC=CCN)c(C)c1. The Kier molecular flexibility index (Phi) is 4.37. The maximum atomic E-state index is 5.68. The Bertz CT molecular complexity index is 333. The van der Waals surface area contributed by atoms with Crippen LogP contribution in [0.25, 0.3) is 0 Å². The third kappa shape index (κ3) is 3.40. The van der Waals surface area contributed by atoms with Crippen LogP contribution in [0, 0.1) is 20.8 Å². The van der Waals surface area contributed by atoms with Gasteiger partial charge in [0.15, 0.2) is 0 Å². The Morgan fingerprint density at radius 1 is 1.13 bits per heavy atom. The van der Waals surface area contributed by atoms with E-state index in [1.807, 2.05) is 12.2 Å². The minimum Gasteiger partial charge on any atom is -0.489 e. The van der Waals surface area contributed by atoms with Gasteiger partial charge in [0.2, 0.25) is 0 Å². The predicted molar refractivity (Wildman–Crippen MR) is 64.3 cm³/mol. The van der Waals surface area contributed by atoms with Crippen LogP contribution >= 0.6 is 0 Å². The summed E-state index contributed by atoms with van der Waals surface area (Å²) in [6, 6.07) is 4.27. The molecule has 1 aromatic carbocycles. The minimum atomic E-state index is 0.565. The van der Waals surface area contributed by atoms with Crippen molar-refractivity contribution in [2.75, 3.05) is 13.2 Å². The van der Waals surface area contributed by atoms with Crippen LogP contribution in [0.1, 0.15) is 16.7 Å². The van der Waals surface area contributed by atoms with Crippen LogP contribution in [0.5, 0.6) is 5.75 Å². The molecule has 1 aromatic rings. The second kappa shape index (κ2) is 5.56. The summed E-state index contributed by atoms with van der Waals surface area (Å²) in [5.74, 6) is 0.988. The zero-order valence-electron chi connectivity index (χ0n) is 9.71. The van der Waals surface area contributed by atoms with Crippen LogP contribution in [0.15, 0.2) is 24.3 Å². The number of rotatable bonds is 4. The topological polar surface area (TPSA) is 35.2 Å². The molecule has 0 aromatic heterocycles. The van der Waals surface area contributed by atoms with Gasteiger partial charge in [0.1, 0.15) is 12.4 Å². The van der Waals surface area contributed by atoms with Gasteiger partial charge in [-0.25, -0.2) is 0 Å². The number of nitrogens with two attached hydrogens (primary N) is 1. The number of hydrogen-bond donors (Lipinski definition) is 1. The average Bonchev–Trinajstić information content (AvgIpc) is 2.15. The Labute approximate surface area is 91.7 Å². The van der Waals surface area contributed by atoms with Crippen LogP contribution < -0.4 is 10.5 Å². The third-order valence-electron chi connectivity index (χ3n) is 2.23. The number of hydrogen-bond acceptors (Lipinski definition) is 2. The zero-order chi connectivity index (χ0) is 11.3. The number of ether oxygens (including phenoxy) is 1. The van der Waals surface area contributed by atoms with E-state index >= 15 is 0 Å². The smallest absolute Gasteiger partial charge is 0.125 e. The molecule has 2 N–H and O–H groups in total. The first-order valence-electron chi connectivity index (χ1n) is 5.21. The van der Waals surface area contributed by atoms with Crippen molar-refractivity contribution >= 4 is 0 Å². The van der Waals surface area contributed by atoms with E-state index in [0.717, 1.165) is 5.75 Å². The summed E-state index contributed by atoms with van der Waals surface area (Å²) in [7, 11) is 0. The Balaban J connectivity index is 2.72. The second-order valence-corrected chi connectivity index (χ2v) is 3.75. The van der Waals surface area contributed by atoms with Gasteiger partial charge in [-0.1, -0.05) is 29.8 Å². The standard InChI is InChI=1S/C13H19NO/c1-10-8-11(2)13(12(3)9-10)15-7-5-4-6-14/h4-5,8-9H,6-7,14H2,1-3H3. The predicted octanol–water partition coefficient (Wildman–Crippen LogP) is 2.51. The highest BCUT2D eigenvalue weighted by Crippen LogP contribution is 2.24. The average molecular weight is 205 g/mol. The number of aryl methyl sites for hydroxylation is 3. The molecule has 0 saturated carbocycles. The third-order valence-corrected chi connectivity index (χ3v) is 2.23. The van der Waals surface area contributed by atoms with E-state index in [4.69, 9.17) is 10.5 Å². The molecule has 0 aliphatic heterocycles. The van der Waals surface area contributed by atoms with E-state index in [1.165, 1.54) is 16.7 Å². The van der Waals surface area contributed by atoms with Gasteiger partial charge in [0, 0.05) is 6.54 Å². The van der Waals surface area contributed by atoms with E-state index in [0.29, 0.717) is 13.2 Å². The molecule has 0 radical (unpaired) electrons. The molecule has 0 aliphatic rings. The maximum Gasteiger partial charge on any atom is 0.125 e. The molecule has 82 valence electrons. The fourth-order valence-electron chi connectivity index (χ4n) is 1.69.